The fraction of sp³-hybridized carbons (Fsp3) is 0.562. The Morgan fingerprint density at radius 2 is 1.95 bits per heavy atom. The van der Waals surface area contributed by atoms with Crippen LogP contribution in [0.25, 0.3) is 0 Å². The van der Waals surface area contributed by atoms with Crippen molar-refractivity contribution in [2.45, 2.75) is 25.7 Å². The molecule has 1 aromatic carbocycles. The summed E-state index contributed by atoms with van der Waals surface area (Å²) in [5.74, 6) is 1.39. The van der Waals surface area contributed by atoms with E-state index in [0.29, 0.717) is 23.7 Å². The second-order valence-corrected chi connectivity index (χ2v) is 5.70. The molecule has 0 aromatic heterocycles. The van der Waals surface area contributed by atoms with E-state index in [2.05, 4.69) is 15.5 Å². The van der Waals surface area contributed by atoms with Gasteiger partial charge in [0.05, 0.1) is 0 Å². The first-order chi connectivity index (χ1) is 10.8. The molecular weight excluding hydrogens is 282 g/mol. The lowest BCUT2D eigenvalue weighted by atomic mass is 10.3. The zero-order chi connectivity index (χ0) is 15.2. The Morgan fingerprint density at radius 1 is 1.14 bits per heavy atom. The number of ether oxygens (including phenoxy) is 2. The molecule has 2 amide bonds. The van der Waals surface area contributed by atoms with E-state index in [4.69, 9.17) is 9.47 Å². The van der Waals surface area contributed by atoms with Gasteiger partial charge in [-0.1, -0.05) is 0 Å². The number of fused-ring (bicyclic) bond motifs is 1. The molecule has 0 atom stereocenters. The van der Waals surface area contributed by atoms with Crippen LogP contribution in [0.5, 0.6) is 11.5 Å². The molecule has 0 spiro atoms. The maximum absolute atomic E-state index is 11.8. The summed E-state index contributed by atoms with van der Waals surface area (Å²) in [4.78, 5) is 14.3. The van der Waals surface area contributed by atoms with E-state index in [-0.39, 0.29) is 12.8 Å². The maximum Gasteiger partial charge on any atom is 0.319 e. The summed E-state index contributed by atoms with van der Waals surface area (Å²) < 4.78 is 10.5. The number of nitrogens with one attached hydrogen (secondary N) is 2. The number of carbonyl (C=O) groups is 1. The Balaban J connectivity index is 1.32. The minimum atomic E-state index is -0.181. The van der Waals surface area contributed by atoms with Gasteiger partial charge in [0.2, 0.25) is 6.79 Å². The number of likely N-dealkylation sites (tertiary alicyclic amines) is 1. The molecule has 0 saturated carbocycles. The quantitative estimate of drug-likeness (QED) is 0.792. The Morgan fingerprint density at radius 3 is 2.82 bits per heavy atom. The van der Waals surface area contributed by atoms with Crippen molar-refractivity contribution < 1.29 is 14.3 Å². The van der Waals surface area contributed by atoms with Crippen LogP contribution < -0.4 is 20.1 Å². The fourth-order valence-electron chi connectivity index (χ4n) is 2.82. The van der Waals surface area contributed by atoms with Crippen LogP contribution >= 0.6 is 0 Å². The zero-order valence-corrected chi connectivity index (χ0v) is 12.8. The number of hydrogen-bond acceptors (Lipinski definition) is 4. The Labute approximate surface area is 130 Å². The van der Waals surface area contributed by atoms with Gasteiger partial charge in [-0.25, -0.2) is 4.79 Å². The average Bonchev–Trinajstić information content (AvgIpc) is 3.17. The maximum atomic E-state index is 11.8. The third kappa shape index (κ3) is 4.04. The molecule has 0 aliphatic carbocycles. The molecule has 1 saturated heterocycles. The van der Waals surface area contributed by atoms with Gasteiger partial charge in [-0.3, -0.25) is 0 Å². The van der Waals surface area contributed by atoms with Gasteiger partial charge in [-0.15, -0.1) is 0 Å². The molecule has 3 rings (SSSR count). The second-order valence-electron chi connectivity index (χ2n) is 5.70. The first-order valence-electron chi connectivity index (χ1n) is 7.98. The second kappa shape index (κ2) is 7.35. The van der Waals surface area contributed by atoms with Crippen LogP contribution in [-0.4, -0.2) is 43.9 Å². The predicted octanol–water partition coefficient (Wildman–Crippen LogP) is 2.41. The Kier molecular flexibility index (Phi) is 5.00. The molecule has 0 unspecified atom stereocenters. The summed E-state index contributed by atoms with van der Waals surface area (Å²) in [7, 11) is 0. The summed E-state index contributed by atoms with van der Waals surface area (Å²) in [6.45, 7) is 4.55. The van der Waals surface area contributed by atoms with Gasteiger partial charge in [0.15, 0.2) is 11.5 Å². The van der Waals surface area contributed by atoms with Crippen molar-refractivity contribution in [1.82, 2.24) is 10.2 Å². The zero-order valence-electron chi connectivity index (χ0n) is 12.8. The molecule has 1 aromatic rings. The lowest BCUT2D eigenvalue weighted by Gasteiger charge is -2.14. The number of hydrogen-bond donors (Lipinski definition) is 2. The standard InChI is InChI=1S/C16H23N3O3/c20-16(17-7-1-2-8-19-9-3-4-10-19)18-13-5-6-14-15(11-13)22-12-21-14/h5-6,11H,1-4,7-10,12H2,(H2,17,18,20). The van der Waals surface area contributed by atoms with E-state index < -0.39 is 0 Å². The number of rotatable bonds is 6. The number of benzene rings is 1. The monoisotopic (exact) mass is 305 g/mol. The minimum absolute atomic E-state index is 0.181. The van der Waals surface area contributed by atoms with Crippen LogP contribution in [0.3, 0.4) is 0 Å². The molecular formula is C16H23N3O3. The summed E-state index contributed by atoms with van der Waals surface area (Å²) in [6, 6.07) is 5.20. The number of nitrogens with zero attached hydrogens (tertiary/aromatic N) is 1. The number of unbranched alkanes of at least 4 members (excludes halogenated alkanes) is 1. The van der Waals surface area contributed by atoms with Crippen LogP contribution in [-0.2, 0) is 0 Å². The summed E-state index contributed by atoms with van der Waals surface area (Å²) in [5, 5.41) is 5.69. The Hall–Kier alpha value is -1.95. The van der Waals surface area contributed by atoms with Crippen molar-refractivity contribution in [2.24, 2.45) is 0 Å². The predicted molar refractivity (Wildman–Crippen MR) is 84.5 cm³/mol. The highest BCUT2D eigenvalue weighted by atomic mass is 16.7. The molecule has 2 N–H and O–H groups in total. The summed E-state index contributed by atoms with van der Waals surface area (Å²) >= 11 is 0. The van der Waals surface area contributed by atoms with Gasteiger partial charge in [-0.2, -0.15) is 0 Å². The fourth-order valence-corrected chi connectivity index (χ4v) is 2.82. The average molecular weight is 305 g/mol. The smallest absolute Gasteiger partial charge is 0.319 e. The van der Waals surface area contributed by atoms with Gasteiger partial charge in [0.25, 0.3) is 0 Å². The molecule has 6 nitrogen and oxygen atoms in total. The topological polar surface area (TPSA) is 62.8 Å². The van der Waals surface area contributed by atoms with E-state index in [9.17, 15) is 4.79 Å². The van der Waals surface area contributed by atoms with Crippen molar-refractivity contribution in [3.63, 3.8) is 0 Å². The number of amides is 2. The van der Waals surface area contributed by atoms with Gasteiger partial charge < -0.3 is 25.0 Å². The molecule has 1 fully saturated rings. The normalized spacial score (nSPS) is 16.7. The van der Waals surface area contributed by atoms with E-state index >= 15 is 0 Å². The summed E-state index contributed by atoms with van der Waals surface area (Å²) in [6.07, 6.45) is 4.79. The minimum Gasteiger partial charge on any atom is -0.454 e. The molecule has 0 bridgehead atoms. The van der Waals surface area contributed by atoms with Crippen molar-refractivity contribution in [1.29, 1.82) is 0 Å². The van der Waals surface area contributed by atoms with Gasteiger partial charge in [-0.05, 0) is 57.5 Å². The van der Waals surface area contributed by atoms with E-state index in [0.717, 1.165) is 19.4 Å². The van der Waals surface area contributed by atoms with Crippen LogP contribution in [0.4, 0.5) is 10.5 Å². The number of carbonyl (C=O) groups excluding carboxylic acids is 1. The van der Waals surface area contributed by atoms with Crippen molar-refractivity contribution in [3.8, 4) is 11.5 Å². The Bertz CT molecular complexity index is 515. The third-order valence-electron chi connectivity index (χ3n) is 4.02. The molecule has 2 aliphatic heterocycles. The first-order valence-corrected chi connectivity index (χ1v) is 7.98. The van der Waals surface area contributed by atoms with Gasteiger partial charge >= 0.3 is 6.03 Å². The highest BCUT2D eigenvalue weighted by Gasteiger charge is 2.14. The number of urea groups is 1. The molecule has 2 heterocycles. The molecule has 6 heteroatoms. The lowest BCUT2D eigenvalue weighted by Crippen LogP contribution is -2.30. The largest absolute Gasteiger partial charge is 0.454 e. The third-order valence-corrected chi connectivity index (χ3v) is 4.02. The highest BCUT2D eigenvalue weighted by molar-refractivity contribution is 5.89. The summed E-state index contributed by atoms with van der Waals surface area (Å²) in [5.41, 5.74) is 0.707. The van der Waals surface area contributed by atoms with Crippen molar-refractivity contribution in [2.75, 3.05) is 38.3 Å². The first kappa shape index (κ1) is 15.0. The molecule has 120 valence electrons. The molecule has 22 heavy (non-hydrogen) atoms. The highest BCUT2D eigenvalue weighted by Crippen LogP contribution is 2.34. The van der Waals surface area contributed by atoms with E-state index in [1.54, 1.807) is 18.2 Å². The molecule has 0 radical (unpaired) electrons. The SMILES string of the molecule is O=C(NCCCCN1CCCC1)Nc1ccc2c(c1)OCO2. The number of anilines is 1. The van der Waals surface area contributed by atoms with Gasteiger partial charge in [0.1, 0.15) is 0 Å². The van der Waals surface area contributed by atoms with Crippen LogP contribution in [0.2, 0.25) is 0 Å². The van der Waals surface area contributed by atoms with Crippen LogP contribution in [0, 0.1) is 0 Å². The van der Waals surface area contributed by atoms with Gasteiger partial charge in [0, 0.05) is 18.3 Å². The van der Waals surface area contributed by atoms with Crippen molar-refractivity contribution in [3.05, 3.63) is 18.2 Å². The van der Waals surface area contributed by atoms with Crippen molar-refractivity contribution >= 4 is 11.7 Å². The van der Waals surface area contributed by atoms with Crippen LogP contribution in [0.1, 0.15) is 25.7 Å². The van der Waals surface area contributed by atoms with E-state index in [1.807, 2.05) is 0 Å². The molecule has 2 aliphatic rings. The van der Waals surface area contributed by atoms with E-state index in [1.165, 1.54) is 25.9 Å². The van der Waals surface area contributed by atoms with Crippen LogP contribution in [0.15, 0.2) is 18.2 Å². The lowest BCUT2D eigenvalue weighted by molar-refractivity contribution is 0.174.